The number of nitrogens with zero attached hydrogens (tertiary/aromatic N) is 1. The fourth-order valence-corrected chi connectivity index (χ4v) is 2.09. The molecule has 4 N–H and O–H groups in total. The molecule has 110 valence electrons. The normalized spacial score (nSPS) is 19.6. The van der Waals surface area contributed by atoms with Crippen molar-refractivity contribution in [2.24, 2.45) is 5.84 Å². The molecule has 2 amide bonds. The third-order valence-electron chi connectivity index (χ3n) is 3.16. The lowest BCUT2D eigenvalue weighted by molar-refractivity contribution is -0.132. The molecule has 2 rings (SSSR count). The number of hydrogen-bond donors (Lipinski definition) is 3. The lowest BCUT2D eigenvalue weighted by atomic mass is 10.2. The Morgan fingerprint density at radius 2 is 2.30 bits per heavy atom. The SMILES string of the molecule is CNC(=O)C1COCCN1Cc1ccc(C(=O)NN)o1. The molecule has 1 aromatic rings. The molecule has 0 spiro atoms. The van der Waals surface area contributed by atoms with Gasteiger partial charge in [0.15, 0.2) is 5.76 Å². The van der Waals surface area contributed by atoms with E-state index in [0.29, 0.717) is 32.1 Å². The first-order chi connectivity index (χ1) is 9.65. The maximum Gasteiger partial charge on any atom is 0.300 e. The lowest BCUT2D eigenvalue weighted by Gasteiger charge is -2.33. The zero-order valence-corrected chi connectivity index (χ0v) is 11.2. The van der Waals surface area contributed by atoms with Crippen LogP contribution in [0.25, 0.3) is 0 Å². The standard InChI is InChI=1S/C12H18N4O4/c1-14-11(17)9-7-19-5-4-16(9)6-8-2-3-10(20-8)12(18)15-13/h2-3,9H,4-7,13H2,1H3,(H,14,17)(H,15,18). The number of carbonyl (C=O) groups is 2. The Labute approximate surface area is 116 Å². The summed E-state index contributed by atoms with van der Waals surface area (Å²) in [5.74, 6) is 5.19. The molecule has 20 heavy (non-hydrogen) atoms. The first-order valence-corrected chi connectivity index (χ1v) is 6.28. The molecule has 2 heterocycles. The van der Waals surface area contributed by atoms with E-state index in [1.165, 1.54) is 0 Å². The van der Waals surface area contributed by atoms with Gasteiger partial charge in [0, 0.05) is 13.6 Å². The first kappa shape index (κ1) is 14.5. The van der Waals surface area contributed by atoms with Gasteiger partial charge < -0.3 is 14.5 Å². The molecule has 0 radical (unpaired) electrons. The van der Waals surface area contributed by atoms with E-state index < -0.39 is 5.91 Å². The topological polar surface area (TPSA) is 110 Å². The Morgan fingerprint density at radius 1 is 1.50 bits per heavy atom. The average molecular weight is 282 g/mol. The van der Waals surface area contributed by atoms with E-state index in [4.69, 9.17) is 15.0 Å². The van der Waals surface area contributed by atoms with Crippen LogP contribution in [0.5, 0.6) is 0 Å². The Bertz CT molecular complexity index is 488. The van der Waals surface area contributed by atoms with Gasteiger partial charge in [0.25, 0.3) is 0 Å². The number of furan rings is 1. The quantitative estimate of drug-likeness (QED) is 0.365. The molecule has 8 nitrogen and oxygen atoms in total. The number of nitrogen functional groups attached to an aromatic ring is 1. The van der Waals surface area contributed by atoms with Gasteiger partial charge in [-0.2, -0.15) is 0 Å². The minimum atomic E-state index is -0.485. The number of carbonyl (C=O) groups excluding carboxylic acids is 2. The molecule has 1 atom stereocenters. The van der Waals surface area contributed by atoms with Crippen molar-refractivity contribution in [1.29, 1.82) is 0 Å². The number of nitrogens with two attached hydrogens (primary N) is 1. The van der Waals surface area contributed by atoms with Gasteiger partial charge in [0.1, 0.15) is 11.8 Å². The van der Waals surface area contributed by atoms with Crippen LogP contribution in [0.2, 0.25) is 0 Å². The van der Waals surface area contributed by atoms with Crippen molar-refractivity contribution in [3.05, 3.63) is 23.7 Å². The number of likely N-dealkylation sites (N-methyl/N-ethyl adjacent to an activating group) is 1. The molecule has 8 heteroatoms. The Morgan fingerprint density at radius 3 is 3.00 bits per heavy atom. The smallest absolute Gasteiger partial charge is 0.300 e. The highest BCUT2D eigenvalue weighted by atomic mass is 16.5. The highest BCUT2D eigenvalue weighted by Gasteiger charge is 2.29. The van der Waals surface area contributed by atoms with Gasteiger partial charge in [0.05, 0.1) is 19.8 Å². The van der Waals surface area contributed by atoms with Crippen LogP contribution in [0, 0.1) is 0 Å². The van der Waals surface area contributed by atoms with Crippen LogP contribution in [0.4, 0.5) is 0 Å². The fourth-order valence-electron chi connectivity index (χ4n) is 2.09. The number of amides is 2. The summed E-state index contributed by atoms with van der Waals surface area (Å²) in [7, 11) is 1.59. The molecule has 1 unspecified atom stereocenters. The number of hydrogen-bond acceptors (Lipinski definition) is 6. The van der Waals surface area contributed by atoms with Crippen LogP contribution >= 0.6 is 0 Å². The average Bonchev–Trinajstić information content (AvgIpc) is 2.94. The van der Waals surface area contributed by atoms with Crippen molar-refractivity contribution in [2.75, 3.05) is 26.8 Å². The molecule has 0 saturated carbocycles. The molecule has 0 aliphatic carbocycles. The summed E-state index contributed by atoms with van der Waals surface area (Å²) in [6, 6.07) is 2.89. The zero-order chi connectivity index (χ0) is 14.5. The van der Waals surface area contributed by atoms with Crippen molar-refractivity contribution in [2.45, 2.75) is 12.6 Å². The van der Waals surface area contributed by atoms with E-state index >= 15 is 0 Å². The second kappa shape index (κ2) is 6.51. The summed E-state index contributed by atoms with van der Waals surface area (Å²) < 4.78 is 10.7. The highest BCUT2D eigenvalue weighted by Crippen LogP contribution is 2.15. The minimum absolute atomic E-state index is 0.101. The largest absolute Gasteiger partial charge is 0.455 e. The van der Waals surface area contributed by atoms with Crippen molar-refractivity contribution in [1.82, 2.24) is 15.6 Å². The molecule has 1 aliphatic rings. The number of rotatable bonds is 4. The molecule has 0 bridgehead atoms. The van der Waals surface area contributed by atoms with Crippen molar-refractivity contribution < 1.29 is 18.7 Å². The maximum absolute atomic E-state index is 11.8. The first-order valence-electron chi connectivity index (χ1n) is 6.28. The van der Waals surface area contributed by atoms with E-state index in [0.717, 1.165) is 0 Å². The third kappa shape index (κ3) is 3.16. The molecule has 1 fully saturated rings. The van der Waals surface area contributed by atoms with Gasteiger partial charge in [-0.15, -0.1) is 0 Å². The highest BCUT2D eigenvalue weighted by molar-refractivity contribution is 5.90. The van der Waals surface area contributed by atoms with Crippen molar-refractivity contribution in [3.63, 3.8) is 0 Å². The zero-order valence-electron chi connectivity index (χ0n) is 11.2. The van der Waals surface area contributed by atoms with E-state index in [-0.39, 0.29) is 17.7 Å². The summed E-state index contributed by atoms with van der Waals surface area (Å²) in [5, 5.41) is 2.61. The van der Waals surface area contributed by atoms with E-state index in [2.05, 4.69) is 5.32 Å². The summed E-state index contributed by atoms with van der Waals surface area (Å²) in [6.45, 7) is 1.96. The van der Waals surface area contributed by atoms with Gasteiger partial charge in [-0.05, 0) is 12.1 Å². The molecule has 1 saturated heterocycles. The van der Waals surface area contributed by atoms with E-state index in [1.807, 2.05) is 10.3 Å². The lowest BCUT2D eigenvalue weighted by Crippen LogP contribution is -2.52. The van der Waals surface area contributed by atoms with Crippen LogP contribution in [-0.4, -0.2) is 49.6 Å². The Balaban J connectivity index is 2.05. The van der Waals surface area contributed by atoms with E-state index in [9.17, 15) is 9.59 Å². The van der Waals surface area contributed by atoms with Crippen LogP contribution in [0.15, 0.2) is 16.5 Å². The monoisotopic (exact) mass is 282 g/mol. The number of morpholine rings is 1. The maximum atomic E-state index is 11.8. The second-order valence-corrected chi connectivity index (χ2v) is 4.41. The summed E-state index contributed by atoms with van der Waals surface area (Å²) in [4.78, 5) is 25.0. The Kier molecular flexibility index (Phi) is 4.72. The van der Waals surface area contributed by atoms with Gasteiger partial charge in [-0.25, -0.2) is 5.84 Å². The molecular weight excluding hydrogens is 264 g/mol. The summed E-state index contributed by atoms with van der Waals surface area (Å²) in [6.07, 6.45) is 0. The van der Waals surface area contributed by atoms with Gasteiger partial charge >= 0.3 is 5.91 Å². The summed E-state index contributed by atoms with van der Waals surface area (Å²) in [5.41, 5.74) is 2.00. The minimum Gasteiger partial charge on any atom is -0.455 e. The van der Waals surface area contributed by atoms with E-state index in [1.54, 1.807) is 19.2 Å². The van der Waals surface area contributed by atoms with Crippen molar-refractivity contribution in [3.8, 4) is 0 Å². The van der Waals surface area contributed by atoms with Crippen LogP contribution < -0.4 is 16.6 Å². The summed E-state index contributed by atoms with van der Waals surface area (Å²) >= 11 is 0. The fraction of sp³-hybridized carbons (Fsp3) is 0.500. The van der Waals surface area contributed by atoms with Crippen molar-refractivity contribution >= 4 is 11.8 Å². The van der Waals surface area contributed by atoms with Crippen LogP contribution in [-0.2, 0) is 16.1 Å². The van der Waals surface area contributed by atoms with Gasteiger partial charge in [0.2, 0.25) is 5.91 Å². The van der Waals surface area contributed by atoms with Gasteiger partial charge in [-0.3, -0.25) is 19.9 Å². The number of ether oxygens (including phenoxy) is 1. The van der Waals surface area contributed by atoms with Crippen LogP contribution in [0.1, 0.15) is 16.3 Å². The molecule has 0 aromatic carbocycles. The molecule has 1 aromatic heterocycles. The number of hydrazine groups is 1. The molecule has 1 aliphatic heterocycles. The van der Waals surface area contributed by atoms with Crippen LogP contribution in [0.3, 0.4) is 0 Å². The second-order valence-electron chi connectivity index (χ2n) is 4.41. The number of nitrogens with one attached hydrogen (secondary N) is 2. The molecular formula is C12H18N4O4. The predicted octanol–water partition coefficient (Wildman–Crippen LogP) is -1.17. The van der Waals surface area contributed by atoms with Gasteiger partial charge in [-0.1, -0.05) is 0 Å². The Hall–Kier alpha value is -1.90. The predicted molar refractivity (Wildman–Crippen MR) is 69.4 cm³/mol. The third-order valence-corrected chi connectivity index (χ3v) is 3.16.